The van der Waals surface area contributed by atoms with Crippen LogP contribution in [-0.4, -0.2) is 62.8 Å². The summed E-state index contributed by atoms with van der Waals surface area (Å²) in [7, 11) is -1.49. The van der Waals surface area contributed by atoms with Gasteiger partial charge in [0, 0.05) is 39.1 Å². The Morgan fingerprint density at radius 1 is 1.23 bits per heavy atom. The third-order valence-corrected chi connectivity index (χ3v) is 7.14. The first-order chi connectivity index (χ1) is 12.0. The molecule has 6 nitrogen and oxygen atoms in total. The van der Waals surface area contributed by atoms with E-state index < -0.39 is 10.0 Å². The lowest BCUT2D eigenvalue weighted by Crippen LogP contribution is -2.38. The van der Waals surface area contributed by atoms with Crippen LogP contribution in [0.2, 0.25) is 0 Å². The van der Waals surface area contributed by atoms with E-state index in [2.05, 4.69) is 5.32 Å². The first-order valence-corrected chi connectivity index (χ1v) is 10.5. The Bertz CT molecular complexity index is 697. The molecule has 2 heterocycles. The van der Waals surface area contributed by atoms with Crippen LogP contribution in [-0.2, 0) is 21.2 Å². The minimum atomic E-state index is -3.36. The van der Waals surface area contributed by atoms with Crippen molar-refractivity contribution in [3.05, 3.63) is 29.8 Å². The fourth-order valence-corrected chi connectivity index (χ4v) is 5.02. The van der Waals surface area contributed by atoms with E-state index in [9.17, 15) is 13.2 Å². The van der Waals surface area contributed by atoms with Crippen molar-refractivity contribution in [2.75, 3.05) is 33.2 Å². The zero-order valence-corrected chi connectivity index (χ0v) is 16.8. The summed E-state index contributed by atoms with van der Waals surface area (Å²) in [6.07, 6.45) is 3.96. The fraction of sp³-hybridized carbons (Fsp3) is 0.611. The van der Waals surface area contributed by atoms with E-state index >= 15 is 0 Å². The van der Waals surface area contributed by atoms with E-state index in [0.29, 0.717) is 36.9 Å². The fourth-order valence-electron chi connectivity index (χ4n) is 3.51. The van der Waals surface area contributed by atoms with Crippen LogP contribution < -0.4 is 5.32 Å². The third-order valence-electron chi connectivity index (χ3n) is 5.23. The second kappa shape index (κ2) is 9.17. The van der Waals surface area contributed by atoms with Crippen LogP contribution in [0.5, 0.6) is 0 Å². The normalized spacial score (nSPS) is 20.7. The molecular formula is C18H28ClN3O3S. The Morgan fingerprint density at radius 2 is 1.88 bits per heavy atom. The molecule has 2 aliphatic rings. The highest BCUT2D eigenvalue weighted by Crippen LogP contribution is 2.21. The minimum absolute atomic E-state index is 0. The summed E-state index contributed by atoms with van der Waals surface area (Å²) < 4.78 is 26.6. The Balaban J connectivity index is 0.00000243. The summed E-state index contributed by atoms with van der Waals surface area (Å²) >= 11 is 0. The van der Waals surface area contributed by atoms with Crippen molar-refractivity contribution in [1.29, 1.82) is 0 Å². The molecule has 0 aliphatic carbocycles. The van der Waals surface area contributed by atoms with Crippen molar-refractivity contribution in [3.63, 3.8) is 0 Å². The Kier molecular flexibility index (Phi) is 7.46. The molecule has 0 saturated carbocycles. The van der Waals surface area contributed by atoms with Gasteiger partial charge in [-0.3, -0.25) is 4.79 Å². The number of carbonyl (C=O) groups is 1. The number of aryl methyl sites for hydroxylation is 1. The van der Waals surface area contributed by atoms with Crippen LogP contribution in [0.25, 0.3) is 0 Å². The Labute approximate surface area is 162 Å². The predicted molar refractivity (Wildman–Crippen MR) is 104 cm³/mol. The maximum absolute atomic E-state index is 12.5. The van der Waals surface area contributed by atoms with Crippen LogP contribution in [0.1, 0.15) is 31.2 Å². The van der Waals surface area contributed by atoms with Gasteiger partial charge < -0.3 is 10.2 Å². The van der Waals surface area contributed by atoms with Gasteiger partial charge in [-0.25, -0.2) is 8.42 Å². The standard InChI is InChI=1S/C18H27N3O3S.ClH/c1-20(16-10-11-19-14-16)18(22)9-6-15-4-7-17(8-5-15)25(23,24)21-12-2-3-13-21;/h4-5,7-8,16,19H,2-3,6,9-14H2,1H3;1H. The molecule has 0 bridgehead atoms. The number of nitrogens with one attached hydrogen (secondary N) is 1. The van der Waals surface area contributed by atoms with E-state index in [1.165, 1.54) is 0 Å². The quantitative estimate of drug-likeness (QED) is 0.786. The van der Waals surface area contributed by atoms with Crippen molar-refractivity contribution >= 4 is 28.3 Å². The molecule has 0 spiro atoms. The van der Waals surface area contributed by atoms with Crippen LogP contribution in [0.15, 0.2) is 29.2 Å². The van der Waals surface area contributed by atoms with Crippen molar-refractivity contribution in [1.82, 2.24) is 14.5 Å². The molecule has 0 aromatic heterocycles. The average molecular weight is 402 g/mol. The lowest BCUT2D eigenvalue weighted by atomic mass is 10.1. The highest BCUT2D eigenvalue weighted by atomic mass is 35.5. The highest BCUT2D eigenvalue weighted by Gasteiger charge is 2.27. The summed E-state index contributed by atoms with van der Waals surface area (Å²) in [6, 6.07) is 7.28. The van der Waals surface area contributed by atoms with Crippen molar-refractivity contribution in [2.24, 2.45) is 0 Å². The van der Waals surface area contributed by atoms with E-state index in [1.54, 1.807) is 16.4 Å². The number of rotatable bonds is 6. The maximum Gasteiger partial charge on any atom is 0.243 e. The molecule has 3 rings (SSSR count). The van der Waals surface area contributed by atoms with Gasteiger partial charge in [-0.05, 0) is 49.9 Å². The number of amides is 1. The van der Waals surface area contributed by atoms with Gasteiger partial charge in [0.2, 0.25) is 15.9 Å². The van der Waals surface area contributed by atoms with E-state index in [0.717, 1.165) is 37.9 Å². The Morgan fingerprint density at radius 3 is 2.46 bits per heavy atom. The Hall–Kier alpha value is -1.15. The number of hydrogen-bond acceptors (Lipinski definition) is 4. The number of benzene rings is 1. The van der Waals surface area contributed by atoms with Gasteiger partial charge in [0.1, 0.15) is 0 Å². The average Bonchev–Trinajstić information content (AvgIpc) is 3.33. The van der Waals surface area contributed by atoms with Gasteiger partial charge in [-0.2, -0.15) is 4.31 Å². The number of hydrogen-bond donors (Lipinski definition) is 1. The zero-order chi connectivity index (χ0) is 17.9. The van der Waals surface area contributed by atoms with Crippen LogP contribution in [0.3, 0.4) is 0 Å². The first kappa shape index (κ1) is 21.2. The van der Waals surface area contributed by atoms with Gasteiger partial charge in [-0.15, -0.1) is 12.4 Å². The summed E-state index contributed by atoms with van der Waals surface area (Å²) in [5.74, 6) is 0.141. The van der Waals surface area contributed by atoms with E-state index in [4.69, 9.17) is 0 Å². The molecule has 2 saturated heterocycles. The smallest absolute Gasteiger partial charge is 0.243 e. The predicted octanol–water partition coefficient (Wildman–Crippen LogP) is 1.65. The van der Waals surface area contributed by atoms with E-state index in [1.807, 2.05) is 24.1 Å². The molecule has 1 unspecified atom stereocenters. The molecule has 2 fully saturated rings. The number of carbonyl (C=O) groups excluding carboxylic acids is 1. The molecule has 26 heavy (non-hydrogen) atoms. The van der Waals surface area contributed by atoms with Crippen LogP contribution >= 0.6 is 12.4 Å². The summed E-state index contributed by atoms with van der Waals surface area (Å²) in [5.41, 5.74) is 0.992. The monoisotopic (exact) mass is 401 g/mol. The number of nitrogens with zero attached hydrogens (tertiary/aromatic N) is 2. The lowest BCUT2D eigenvalue weighted by Gasteiger charge is -2.23. The number of likely N-dealkylation sites (N-methyl/N-ethyl adjacent to an activating group) is 1. The van der Waals surface area contributed by atoms with Crippen molar-refractivity contribution in [3.8, 4) is 0 Å². The summed E-state index contributed by atoms with van der Waals surface area (Å²) in [5, 5.41) is 3.27. The van der Waals surface area contributed by atoms with Crippen molar-refractivity contribution < 1.29 is 13.2 Å². The van der Waals surface area contributed by atoms with Gasteiger partial charge >= 0.3 is 0 Å². The zero-order valence-electron chi connectivity index (χ0n) is 15.2. The highest BCUT2D eigenvalue weighted by molar-refractivity contribution is 7.89. The molecule has 0 radical (unpaired) electrons. The van der Waals surface area contributed by atoms with Gasteiger partial charge in [-0.1, -0.05) is 12.1 Å². The molecule has 1 N–H and O–H groups in total. The first-order valence-electron chi connectivity index (χ1n) is 9.04. The van der Waals surface area contributed by atoms with Gasteiger partial charge in [0.05, 0.1) is 4.90 Å². The van der Waals surface area contributed by atoms with Crippen LogP contribution in [0.4, 0.5) is 0 Å². The topological polar surface area (TPSA) is 69.7 Å². The second-order valence-corrected chi connectivity index (χ2v) is 8.84. The minimum Gasteiger partial charge on any atom is -0.341 e. The second-order valence-electron chi connectivity index (χ2n) is 6.91. The third kappa shape index (κ3) is 4.76. The molecule has 1 aromatic rings. The molecule has 8 heteroatoms. The van der Waals surface area contributed by atoms with E-state index in [-0.39, 0.29) is 18.3 Å². The number of halogens is 1. The summed E-state index contributed by atoms with van der Waals surface area (Å²) in [6.45, 7) is 3.06. The van der Waals surface area contributed by atoms with Gasteiger partial charge in [0.25, 0.3) is 0 Å². The molecule has 2 aliphatic heterocycles. The molecule has 1 amide bonds. The van der Waals surface area contributed by atoms with Crippen molar-refractivity contribution in [2.45, 2.75) is 43.0 Å². The molecule has 146 valence electrons. The van der Waals surface area contributed by atoms with Gasteiger partial charge in [0.15, 0.2) is 0 Å². The van der Waals surface area contributed by atoms with Crippen LogP contribution in [0, 0.1) is 0 Å². The summed E-state index contributed by atoms with van der Waals surface area (Å²) in [4.78, 5) is 14.5. The maximum atomic E-state index is 12.5. The molecule has 1 aromatic carbocycles. The molecular weight excluding hydrogens is 374 g/mol. The largest absolute Gasteiger partial charge is 0.341 e. The number of sulfonamides is 1. The molecule has 1 atom stereocenters. The SMILES string of the molecule is CN(C(=O)CCc1ccc(S(=O)(=O)N2CCCC2)cc1)C1CCNC1.Cl. The lowest BCUT2D eigenvalue weighted by molar-refractivity contribution is -0.131.